The lowest BCUT2D eigenvalue weighted by Gasteiger charge is -2.06. The maximum atomic E-state index is 11.7. The summed E-state index contributed by atoms with van der Waals surface area (Å²) in [5.41, 5.74) is 1.63. The van der Waals surface area contributed by atoms with Crippen LogP contribution in [-0.2, 0) is 22.7 Å². The number of benzene rings is 1. The molecule has 1 aromatic carbocycles. The SMILES string of the molecule is O=C(OCc1ccc(COC(=O)c2ccco2)cc1)c1ccco1. The maximum Gasteiger partial charge on any atom is 0.374 e. The molecule has 122 valence electrons. The fourth-order valence-electron chi connectivity index (χ4n) is 1.96. The van der Waals surface area contributed by atoms with Crippen molar-refractivity contribution in [1.82, 2.24) is 0 Å². The second kappa shape index (κ2) is 7.32. The number of rotatable bonds is 6. The highest BCUT2D eigenvalue weighted by atomic mass is 16.5. The highest BCUT2D eigenvalue weighted by Crippen LogP contribution is 2.11. The first-order chi connectivity index (χ1) is 11.7. The Morgan fingerprint density at radius 3 is 1.46 bits per heavy atom. The van der Waals surface area contributed by atoms with E-state index in [1.807, 2.05) is 0 Å². The summed E-state index contributed by atoms with van der Waals surface area (Å²) in [5.74, 6) is -0.708. The minimum absolute atomic E-state index is 0.131. The van der Waals surface area contributed by atoms with Crippen molar-refractivity contribution in [1.29, 1.82) is 0 Å². The molecular weight excluding hydrogens is 312 g/mol. The van der Waals surface area contributed by atoms with Crippen LogP contribution < -0.4 is 0 Å². The second-order valence-corrected chi connectivity index (χ2v) is 4.92. The number of carbonyl (C=O) groups excluding carboxylic acids is 2. The van der Waals surface area contributed by atoms with Gasteiger partial charge < -0.3 is 18.3 Å². The van der Waals surface area contributed by atoms with Crippen LogP contribution in [0.15, 0.2) is 69.9 Å². The molecular formula is C18H14O6. The third kappa shape index (κ3) is 3.92. The Balaban J connectivity index is 1.48. The molecule has 0 saturated carbocycles. The van der Waals surface area contributed by atoms with Gasteiger partial charge in [0.25, 0.3) is 0 Å². The van der Waals surface area contributed by atoms with Gasteiger partial charge in [-0.2, -0.15) is 0 Å². The fourth-order valence-corrected chi connectivity index (χ4v) is 1.96. The lowest BCUT2D eigenvalue weighted by Crippen LogP contribution is -2.05. The number of ether oxygens (including phenoxy) is 2. The Morgan fingerprint density at radius 2 is 1.12 bits per heavy atom. The summed E-state index contributed by atoms with van der Waals surface area (Å²) in [7, 11) is 0. The van der Waals surface area contributed by atoms with Crippen LogP contribution >= 0.6 is 0 Å². The van der Waals surface area contributed by atoms with Gasteiger partial charge in [0, 0.05) is 0 Å². The number of hydrogen-bond donors (Lipinski definition) is 0. The molecule has 3 aromatic rings. The molecule has 0 aliphatic carbocycles. The Morgan fingerprint density at radius 1 is 0.708 bits per heavy atom. The molecule has 0 amide bonds. The Bertz CT molecular complexity index is 715. The normalized spacial score (nSPS) is 10.3. The lowest BCUT2D eigenvalue weighted by molar-refractivity contribution is 0.0424. The van der Waals surface area contributed by atoms with Crippen LogP contribution in [0.4, 0.5) is 0 Å². The standard InChI is InChI=1S/C18H14O6/c19-17(15-3-1-9-21-15)23-11-13-5-7-14(8-6-13)12-24-18(20)16-4-2-10-22-16/h1-10H,11-12H2. The van der Waals surface area contributed by atoms with Crippen molar-refractivity contribution >= 4 is 11.9 Å². The van der Waals surface area contributed by atoms with Crippen molar-refractivity contribution in [3.63, 3.8) is 0 Å². The van der Waals surface area contributed by atoms with Crippen LogP contribution in [0.5, 0.6) is 0 Å². The van der Waals surface area contributed by atoms with Crippen molar-refractivity contribution in [2.75, 3.05) is 0 Å². The predicted molar refractivity (Wildman–Crippen MR) is 82.1 cm³/mol. The van der Waals surface area contributed by atoms with E-state index in [4.69, 9.17) is 18.3 Å². The summed E-state index contributed by atoms with van der Waals surface area (Å²) in [5, 5.41) is 0. The molecule has 3 rings (SSSR count). The van der Waals surface area contributed by atoms with Gasteiger partial charge in [0.1, 0.15) is 13.2 Å². The molecule has 0 atom stereocenters. The highest BCUT2D eigenvalue weighted by Gasteiger charge is 2.11. The Labute approximate surface area is 137 Å². The summed E-state index contributed by atoms with van der Waals surface area (Å²) >= 11 is 0. The van der Waals surface area contributed by atoms with Crippen LogP contribution in [0, 0.1) is 0 Å². The van der Waals surface area contributed by atoms with E-state index in [0.29, 0.717) is 0 Å². The zero-order valence-corrected chi connectivity index (χ0v) is 12.6. The molecule has 0 spiro atoms. The van der Waals surface area contributed by atoms with Crippen molar-refractivity contribution in [3.8, 4) is 0 Å². The number of carbonyl (C=O) groups is 2. The van der Waals surface area contributed by atoms with E-state index in [1.54, 1.807) is 48.5 Å². The van der Waals surface area contributed by atoms with Gasteiger partial charge in [0.2, 0.25) is 11.5 Å². The van der Waals surface area contributed by atoms with Gasteiger partial charge in [-0.3, -0.25) is 0 Å². The van der Waals surface area contributed by atoms with E-state index in [9.17, 15) is 9.59 Å². The van der Waals surface area contributed by atoms with Gasteiger partial charge >= 0.3 is 11.9 Å². The molecule has 6 heteroatoms. The van der Waals surface area contributed by atoms with Crippen molar-refractivity contribution in [3.05, 3.63) is 83.7 Å². The second-order valence-electron chi connectivity index (χ2n) is 4.92. The first-order valence-corrected chi connectivity index (χ1v) is 7.21. The van der Waals surface area contributed by atoms with Gasteiger partial charge in [0.15, 0.2) is 0 Å². The molecule has 24 heavy (non-hydrogen) atoms. The fraction of sp³-hybridized carbons (Fsp3) is 0.111. The number of furan rings is 2. The molecule has 0 saturated heterocycles. The molecule has 2 heterocycles. The molecule has 2 aromatic heterocycles. The van der Waals surface area contributed by atoms with Crippen LogP contribution in [-0.4, -0.2) is 11.9 Å². The molecule has 0 radical (unpaired) electrons. The third-order valence-corrected chi connectivity index (χ3v) is 3.21. The van der Waals surface area contributed by atoms with E-state index in [0.717, 1.165) is 11.1 Å². The summed E-state index contributed by atoms with van der Waals surface area (Å²) in [4.78, 5) is 23.3. The molecule has 0 bridgehead atoms. The average Bonchev–Trinajstić information content (AvgIpc) is 3.32. The van der Waals surface area contributed by atoms with Gasteiger partial charge in [-0.25, -0.2) is 9.59 Å². The van der Waals surface area contributed by atoms with E-state index in [-0.39, 0.29) is 24.7 Å². The Kier molecular flexibility index (Phi) is 4.76. The first-order valence-electron chi connectivity index (χ1n) is 7.21. The zero-order chi connectivity index (χ0) is 16.8. The molecule has 0 fully saturated rings. The van der Waals surface area contributed by atoms with Crippen molar-refractivity contribution < 1.29 is 27.9 Å². The van der Waals surface area contributed by atoms with Crippen molar-refractivity contribution in [2.24, 2.45) is 0 Å². The summed E-state index contributed by atoms with van der Waals surface area (Å²) in [6.07, 6.45) is 2.82. The van der Waals surface area contributed by atoms with Gasteiger partial charge in [-0.05, 0) is 35.4 Å². The van der Waals surface area contributed by atoms with Crippen LogP contribution in [0.2, 0.25) is 0 Å². The predicted octanol–water partition coefficient (Wildman–Crippen LogP) is 3.59. The topological polar surface area (TPSA) is 78.9 Å². The number of hydrogen-bond acceptors (Lipinski definition) is 6. The van der Waals surface area contributed by atoms with Gasteiger partial charge in [0.05, 0.1) is 12.5 Å². The van der Waals surface area contributed by atoms with E-state index >= 15 is 0 Å². The van der Waals surface area contributed by atoms with Gasteiger partial charge in [-0.15, -0.1) is 0 Å². The minimum Gasteiger partial charge on any atom is -0.457 e. The average molecular weight is 326 g/mol. The molecule has 0 unspecified atom stereocenters. The third-order valence-electron chi connectivity index (χ3n) is 3.21. The molecule has 0 aliphatic heterocycles. The van der Waals surface area contributed by atoms with Gasteiger partial charge in [-0.1, -0.05) is 24.3 Å². The minimum atomic E-state index is -0.517. The smallest absolute Gasteiger partial charge is 0.374 e. The molecule has 0 N–H and O–H groups in total. The van der Waals surface area contributed by atoms with Crippen LogP contribution in [0.25, 0.3) is 0 Å². The Hall–Kier alpha value is -3.28. The summed E-state index contributed by atoms with van der Waals surface area (Å²) in [6, 6.07) is 13.5. The monoisotopic (exact) mass is 326 g/mol. The first kappa shape index (κ1) is 15.6. The zero-order valence-electron chi connectivity index (χ0n) is 12.6. The van der Waals surface area contributed by atoms with Crippen molar-refractivity contribution in [2.45, 2.75) is 13.2 Å². The van der Waals surface area contributed by atoms with Crippen LogP contribution in [0.3, 0.4) is 0 Å². The van der Waals surface area contributed by atoms with Crippen LogP contribution in [0.1, 0.15) is 32.2 Å². The quantitative estimate of drug-likeness (QED) is 0.644. The largest absolute Gasteiger partial charge is 0.457 e. The van der Waals surface area contributed by atoms with E-state index < -0.39 is 11.9 Å². The summed E-state index contributed by atoms with van der Waals surface area (Å²) in [6.45, 7) is 0.262. The van der Waals surface area contributed by atoms with E-state index in [1.165, 1.54) is 12.5 Å². The maximum absolute atomic E-state index is 11.7. The highest BCUT2D eigenvalue weighted by molar-refractivity contribution is 5.86. The molecule has 0 aliphatic rings. The lowest BCUT2D eigenvalue weighted by atomic mass is 10.1. The van der Waals surface area contributed by atoms with E-state index in [2.05, 4.69) is 0 Å². The molecule has 6 nitrogen and oxygen atoms in total. The number of esters is 2. The summed E-state index contributed by atoms with van der Waals surface area (Å²) < 4.78 is 20.2.